The van der Waals surface area contributed by atoms with Crippen LogP contribution in [0.2, 0.25) is 0 Å². The second-order valence-corrected chi connectivity index (χ2v) is 6.58. The van der Waals surface area contributed by atoms with Crippen LogP contribution in [0, 0.1) is 0 Å². The number of hydrogen-bond donors (Lipinski definition) is 0. The third kappa shape index (κ3) is 3.82. The van der Waals surface area contributed by atoms with Gasteiger partial charge in [0.1, 0.15) is 5.76 Å². The Balaban J connectivity index is 1.96. The molecule has 2 aromatic carbocycles. The van der Waals surface area contributed by atoms with E-state index in [-0.39, 0.29) is 17.3 Å². The molecule has 150 valence electrons. The highest BCUT2D eigenvalue weighted by molar-refractivity contribution is 6.05. The van der Waals surface area contributed by atoms with E-state index in [4.69, 9.17) is 4.74 Å². The summed E-state index contributed by atoms with van der Waals surface area (Å²) in [6, 6.07) is 14.6. The first kappa shape index (κ1) is 20.1. The van der Waals surface area contributed by atoms with E-state index < -0.39 is 0 Å². The maximum Gasteiger partial charge on any atom is 0.328 e. The van der Waals surface area contributed by atoms with Crippen molar-refractivity contribution in [1.29, 1.82) is 0 Å². The van der Waals surface area contributed by atoms with Crippen molar-refractivity contribution in [3.05, 3.63) is 70.5 Å². The van der Waals surface area contributed by atoms with Crippen molar-refractivity contribution >= 4 is 28.3 Å². The van der Waals surface area contributed by atoms with Gasteiger partial charge in [-0.1, -0.05) is 18.2 Å². The summed E-state index contributed by atoms with van der Waals surface area (Å²) in [6.45, 7) is 1.66. The van der Waals surface area contributed by atoms with Gasteiger partial charge in [0.25, 0.3) is 5.91 Å². The van der Waals surface area contributed by atoms with E-state index in [1.165, 1.54) is 12.0 Å². The van der Waals surface area contributed by atoms with Crippen LogP contribution >= 0.6 is 0 Å². The molecule has 0 aliphatic heterocycles. The molecule has 0 radical (unpaired) electrons. The first-order valence-corrected chi connectivity index (χ1v) is 9.00. The molecule has 3 aromatic rings. The van der Waals surface area contributed by atoms with E-state index >= 15 is 0 Å². The van der Waals surface area contributed by atoms with Crippen LogP contribution in [0.25, 0.3) is 11.0 Å². The van der Waals surface area contributed by atoms with Gasteiger partial charge in [-0.05, 0) is 37.3 Å². The predicted octanol–water partition coefficient (Wildman–Crippen LogP) is 3.50. The van der Waals surface area contributed by atoms with Crippen LogP contribution < -0.4 is 10.6 Å². The predicted molar refractivity (Wildman–Crippen MR) is 112 cm³/mol. The van der Waals surface area contributed by atoms with E-state index in [0.29, 0.717) is 11.4 Å². The van der Waals surface area contributed by atoms with Gasteiger partial charge in [-0.3, -0.25) is 13.9 Å². The Morgan fingerprint density at radius 1 is 1.03 bits per heavy atom. The summed E-state index contributed by atoms with van der Waals surface area (Å²) in [5.41, 5.74) is 2.76. The monoisotopic (exact) mass is 393 g/mol. The van der Waals surface area contributed by atoms with Crippen molar-refractivity contribution in [3.63, 3.8) is 0 Å². The zero-order valence-electron chi connectivity index (χ0n) is 17.1. The Labute approximate surface area is 168 Å². The number of benzene rings is 2. The molecule has 8 nitrogen and oxygen atoms in total. The molecule has 1 heterocycles. The summed E-state index contributed by atoms with van der Waals surface area (Å²) in [5, 5.41) is 8.39. The number of hydrogen-bond acceptors (Lipinski definition) is 5. The Morgan fingerprint density at radius 2 is 1.69 bits per heavy atom. The summed E-state index contributed by atoms with van der Waals surface area (Å²) < 4.78 is 8.35. The molecule has 0 aliphatic carbocycles. The molecule has 0 N–H and O–H groups in total. The molecule has 8 heteroatoms. The molecule has 0 unspecified atom stereocenters. The third-order valence-corrected chi connectivity index (χ3v) is 4.81. The van der Waals surface area contributed by atoms with E-state index in [9.17, 15) is 9.59 Å². The van der Waals surface area contributed by atoms with E-state index in [2.05, 4.69) is 10.2 Å². The number of aromatic nitrogens is 2. The Bertz CT molecular complexity index is 1170. The minimum Gasteiger partial charge on any atom is -0.499 e. The summed E-state index contributed by atoms with van der Waals surface area (Å²) in [4.78, 5) is 26.5. The minimum atomic E-state index is -0.340. The van der Waals surface area contributed by atoms with Crippen molar-refractivity contribution < 1.29 is 9.53 Å². The van der Waals surface area contributed by atoms with Crippen molar-refractivity contribution in [1.82, 2.24) is 9.13 Å². The topological polar surface area (TPSA) is 81.2 Å². The maximum absolute atomic E-state index is 13.0. The highest BCUT2D eigenvalue weighted by Gasteiger charge is 2.20. The molecule has 1 aromatic heterocycles. The summed E-state index contributed by atoms with van der Waals surface area (Å²) >= 11 is 0. The number of ether oxygens (including phenoxy) is 1. The number of amides is 1. The summed E-state index contributed by atoms with van der Waals surface area (Å²) in [7, 11) is 6.56. The Morgan fingerprint density at radius 3 is 2.34 bits per heavy atom. The largest absolute Gasteiger partial charge is 0.499 e. The Kier molecular flexibility index (Phi) is 5.63. The third-order valence-electron chi connectivity index (χ3n) is 4.81. The Hall–Kier alpha value is -3.68. The van der Waals surface area contributed by atoms with Crippen LogP contribution in [-0.2, 0) is 23.6 Å². The SMILES string of the molecule is CO/C(C)=C(/N=Nc1ccc2c(c1)n(C)c(=O)n2C)C(=O)N(C)c1ccccc1. The molecule has 0 spiro atoms. The van der Waals surface area contributed by atoms with E-state index in [1.54, 1.807) is 55.4 Å². The molecule has 0 bridgehead atoms. The minimum absolute atomic E-state index is 0.0981. The van der Waals surface area contributed by atoms with Gasteiger partial charge in [0, 0.05) is 26.8 Å². The molecule has 29 heavy (non-hydrogen) atoms. The number of allylic oxidation sites excluding steroid dienone is 1. The van der Waals surface area contributed by atoms with E-state index in [1.807, 2.05) is 30.3 Å². The lowest BCUT2D eigenvalue weighted by Gasteiger charge is -2.17. The number of para-hydroxylation sites is 1. The molecule has 0 atom stereocenters. The molecule has 0 saturated heterocycles. The number of rotatable bonds is 5. The first-order chi connectivity index (χ1) is 13.8. The fourth-order valence-electron chi connectivity index (χ4n) is 2.95. The number of carbonyl (C=O) groups excluding carboxylic acids is 1. The van der Waals surface area contributed by atoms with E-state index in [0.717, 1.165) is 16.7 Å². The smallest absolute Gasteiger partial charge is 0.328 e. The average Bonchev–Trinajstić information content (AvgIpc) is 2.97. The van der Waals surface area contributed by atoms with Gasteiger partial charge >= 0.3 is 5.69 Å². The highest BCUT2D eigenvalue weighted by atomic mass is 16.5. The standard InChI is InChI=1S/C21H23N5O3/c1-14(29-5)19(20(27)24(2)16-9-7-6-8-10-16)23-22-15-11-12-17-18(13-15)26(4)21(28)25(17)3/h6-13H,1-5H3/b19-14+,23-22?. The van der Waals surface area contributed by atoms with Gasteiger partial charge in [-0.25, -0.2) is 4.79 Å². The fourth-order valence-corrected chi connectivity index (χ4v) is 2.95. The van der Waals surface area contributed by atoms with Crippen molar-refractivity contribution in [2.75, 3.05) is 19.1 Å². The van der Waals surface area contributed by atoms with Crippen LogP contribution in [0.1, 0.15) is 6.92 Å². The number of anilines is 1. The molecular formula is C21H23N5O3. The molecule has 3 rings (SSSR count). The quantitative estimate of drug-likeness (QED) is 0.378. The normalized spacial score (nSPS) is 12.3. The first-order valence-electron chi connectivity index (χ1n) is 9.00. The van der Waals surface area contributed by atoms with Gasteiger partial charge in [-0.15, -0.1) is 5.11 Å². The van der Waals surface area contributed by atoms with Crippen LogP contribution in [0.4, 0.5) is 11.4 Å². The lowest BCUT2D eigenvalue weighted by molar-refractivity contribution is -0.115. The van der Waals surface area contributed by atoms with Gasteiger partial charge < -0.3 is 9.64 Å². The molecular weight excluding hydrogens is 370 g/mol. The fraction of sp³-hybridized carbons (Fsp3) is 0.238. The number of methoxy groups -OCH3 is 1. The number of carbonyl (C=O) groups is 1. The maximum atomic E-state index is 13.0. The van der Waals surface area contributed by atoms with Gasteiger partial charge in [-0.2, -0.15) is 5.11 Å². The number of nitrogens with zero attached hydrogens (tertiary/aromatic N) is 5. The molecule has 0 fully saturated rings. The lowest BCUT2D eigenvalue weighted by atomic mass is 10.2. The molecule has 0 saturated carbocycles. The van der Waals surface area contributed by atoms with Gasteiger partial charge in [0.2, 0.25) is 0 Å². The van der Waals surface area contributed by atoms with Crippen LogP contribution in [0.3, 0.4) is 0 Å². The van der Waals surface area contributed by atoms with Crippen molar-refractivity contribution in [3.8, 4) is 0 Å². The molecule has 1 amide bonds. The van der Waals surface area contributed by atoms with Crippen LogP contribution in [-0.4, -0.2) is 29.2 Å². The van der Waals surface area contributed by atoms with Crippen LogP contribution in [0.5, 0.6) is 0 Å². The zero-order valence-corrected chi connectivity index (χ0v) is 17.1. The summed E-state index contributed by atoms with van der Waals surface area (Å²) in [5.74, 6) is 0.0159. The highest BCUT2D eigenvalue weighted by Crippen LogP contribution is 2.23. The van der Waals surface area contributed by atoms with Crippen molar-refractivity contribution in [2.45, 2.75) is 6.92 Å². The number of aryl methyl sites for hydroxylation is 2. The lowest BCUT2D eigenvalue weighted by Crippen LogP contribution is -2.27. The number of azo groups is 1. The van der Waals surface area contributed by atoms with Crippen molar-refractivity contribution in [2.24, 2.45) is 24.3 Å². The number of imidazole rings is 1. The molecule has 0 aliphatic rings. The second-order valence-electron chi connectivity index (χ2n) is 6.58. The van der Waals surface area contributed by atoms with Gasteiger partial charge in [0.05, 0.1) is 23.8 Å². The zero-order chi connectivity index (χ0) is 21.1. The number of fused-ring (bicyclic) bond motifs is 1. The number of likely N-dealkylation sites (N-methyl/N-ethyl adjacent to an activating group) is 1. The second kappa shape index (κ2) is 8.14. The summed E-state index contributed by atoms with van der Waals surface area (Å²) in [6.07, 6.45) is 0. The van der Waals surface area contributed by atoms with Gasteiger partial charge in [0.15, 0.2) is 5.70 Å². The average molecular weight is 393 g/mol. The van der Waals surface area contributed by atoms with Crippen LogP contribution in [0.15, 0.2) is 75.0 Å².